The van der Waals surface area contributed by atoms with E-state index in [1.54, 1.807) is 0 Å². The predicted molar refractivity (Wildman–Crippen MR) is 66.6 cm³/mol. The molecular formula is C11H17N3O3S. The molecule has 0 aliphatic carbocycles. The van der Waals surface area contributed by atoms with Crippen LogP contribution in [0, 0.1) is 0 Å². The molecule has 100 valence electrons. The highest BCUT2D eigenvalue weighted by molar-refractivity contribution is 7.99. The maximum atomic E-state index is 10.6. The molecular weight excluding hydrogens is 254 g/mol. The molecule has 2 unspecified atom stereocenters. The Morgan fingerprint density at radius 3 is 2.89 bits per heavy atom. The molecule has 0 saturated carbocycles. The van der Waals surface area contributed by atoms with E-state index in [2.05, 4.69) is 10.2 Å². The van der Waals surface area contributed by atoms with E-state index in [0.717, 1.165) is 25.2 Å². The van der Waals surface area contributed by atoms with Gasteiger partial charge in [0.2, 0.25) is 0 Å². The quantitative estimate of drug-likeness (QED) is 0.822. The third-order valence-electron chi connectivity index (χ3n) is 2.91. The third-order valence-corrected chi connectivity index (χ3v) is 3.86. The highest BCUT2D eigenvalue weighted by Gasteiger charge is 2.28. The van der Waals surface area contributed by atoms with Crippen LogP contribution in [0.5, 0.6) is 0 Å². The van der Waals surface area contributed by atoms with Gasteiger partial charge in [-0.1, -0.05) is 11.8 Å². The first kappa shape index (κ1) is 13.4. The lowest BCUT2D eigenvalue weighted by atomic mass is 10.2. The number of ether oxygens (including phenoxy) is 1. The van der Waals surface area contributed by atoms with Crippen LogP contribution in [0.2, 0.25) is 0 Å². The maximum Gasteiger partial charge on any atom is 0.313 e. The van der Waals surface area contributed by atoms with Crippen molar-refractivity contribution < 1.29 is 14.6 Å². The topological polar surface area (TPSA) is 77.2 Å². The predicted octanol–water partition coefficient (Wildman–Crippen LogP) is 1.71. The summed E-state index contributed by atoms with van der Waals surface area (Å²) in [5.41, 5.74) is 0. The van der Waals surface area contributed by atoms with E-state index in [0.29, 0.717) is 5.16 Å². The molecule has 1 aliphatic heterocycles. The van der Waals surface area contributed by atoms with Crippen molar-refractivity contribution in [1.82, 2.24) is 14.8 Å². The van der Waals surface area contributed by atoms with Gasteiger partial charge in [-0.2, -0.15) is 0 Å². The molecule has 2 heterocycles. The summed E-state index contributed by atoms with van der Waals surface area (Å²) in [6, 6.07) is 0. The summed E-state index contributed by atoms with van der Waals surface area (Å²) in [6.45, 7) is 4.77. The van der Waals surface area contributed by atoms with Crippen molar-refractivity contribution in [3.63, 3.8) is 0 Å². The van der Waals surface area contributed by atoms with Gasteiger partial charge < -0.3 is 14.4 Å². The van der Waals surface area contributed by atoms with E-state index in [4.69, 9.17) is 9.84 Å². The van der Waals surface area contributed by atoms with Crippen molar-refractivity contribution in [1.29, 1.82) is 0 Å². The highest BCUT2D eigenvalue weighted by atomic mass is 32.2. The first-order valence-electron chi connectivity index (χ1n) is 6.05. The molecule has 2 rings (SSSR count). The van der Waals surface area contributed by atoms with Gasteiger partial charge in [0.25, 0.3) is 0 Å². The summed E-state index contributed by atoms with van der Waals surface area (Å²) in [5, 5.41) is 17.6. The number of carbonyl (C=O) groups is 1. The fraction of sp³-hybridized carbons (Fsp3) is 0.727. The normalized spacial score (nSPS) is 23.4. The number of carboxylic acid groups (broad SMARTS) is 1. The number of thioether (sulfide) groups is 1. The smallest absolute Gasteiger partial charge is 0.313 e. The molecule has 7 heteroatoms. The average Bonchev–Trinajstić information content (AvgIpc) is 2.91. The number of hydrogen-bond acceptors (Lipinski definition) is 5. The van der Waals surface area contributed by atoms with Crippen molar-refractivity contribution in [2.24, 2.45) is 0 Å². The molecule has 1 aromatic heterocycles. The van der Waals surface area contributed by atoms with Crippen LogP contribution in [-0.4, -0.2) is 37.7 Å². The van der Waals surface area contributed by atoms with Crippen molar-refractivity contribution >= 4 is 17.7 Å². The van der Waals surface area contributed by atoms with Crippen molar-refractivity contribution in [3.8, 4) is 0 Å². The minimum atomic E-state index is -0.849. The summed E-state index contributed by atoms with van der Waals surface area (Å²) in [5.74, 6) is -0.0345. The number of rotatable bonds is 5. The SMILES string of the molecule is CCn1c(SCC(=O)O)nnc1C1CCC(C)O1. The highest BCUT2D eigenvalue weighted by Crippen LogP contribution is 2.32. The molecule has 0 spiro atoms. The van der Waals surface area contributed by atoms with Crippen LogP contribution in [0.1, 0.15) is 38.6 Å². The van der Waals surface area contributed by atoms with E-state index >= 15 is 0 Å². The Kier molecular flexibility index (Phi) is 4.23. The largest absolute Gasteiger partial charge is 0.481 e. The Bertz CT molecular complexity index is 435. The first-order valence-corrected chi connectivity index (χ1v) is 7.03. The maximum absolute atomic E-state index is 10.6. The number of aromatic nitrogens is 3. The molecule has 0 radical (unpaired) electrons. The fourth-order valence-electron chi connectivity index (χ4n) is 2.06. The fourth-order valence-corrected chi connectivity index (χ4v) is 2.79. The zero-order chi connectivity index (χ0) is 13.1. The zero-order valence-electron chi connectivity index (χ0n) is 10.5. The van der Waals surface area contributed by atoms with Crippen LogP contribution in [0.3, 0.4) is 0 Å². The molecule has 0 bridgehead atoms. The molecule has 1 N–H and O–H groups in total. The second kappa shape index (κ2) is 5.71. The van der Waals surface area contributed by atoms with Gasteiger partial charge in [0, 0.05) is 6.54 Å². The number of hydrogen-bond donors (Lipinski definition) is 1. The summed E-state index contributed by atoms with van der Waals surface area (Å²) >= 11 is 1.19. The molecule has 0 aromatic carbocycles. The van der Waals surface area contributed by atoms with Gasteiger partial charge >= 0.3 is 5.97 Å². The summed E-state index contributed by atoms with van der Waals surface area (Å²) in [7, 11) is 0. The van der Waals surface area contributed by atoms with E-state index in [1.165, 1.54) is 11.8 Å². The van der Waals surface area contributed by atoms with E-state index < -0.39 is 5.97 Å². The minimum absolute atomic E-state index is 0.0000594. The van der Waals surface area contributed by atoms with Crippen LogP contribution >= 0.6 is 11.8 Å². The van der Waals surface area contributed by atoms with E-state index in [-0.39, 0.29) is 18.0 Å². The minimum Gasteiger partial charge on any atom is -0.481 e. The summed E-state index contributed by atoms with van der Waals surface area (Å²) in [6.07, 6.45) is 2.22. The van der Waals surface area contributed by atoms with Gasteiger partial charge in [-0.15, -0.1) is 10.2 Å². The van der Waals surface area contributed by atoms with E-state index in [9.17, 15) is 4.79 Å². The van der Waals surface area contributed by atoms with Gasteiger partial charge in [-0.25, -0.2) is 0 Å². The lowest BCUT2D eigenvalue weighted by molar-refractivity contribution is -0.133. The summed E-state index contributed by atoms with van der Waals surface area (Å²) < 4.78 is 7.72. The van der Waals surface area contributed by atoms with Crippen molar-refractivity contribution in [2.45, 2.75) is 50.6 Å². The molecule has 2 atom stereocenters. The van der Waals surface area contributed by atoms with Crippen molar-refractivity contribution in [3.05, 3.63) is 5.82 Å². The van der Waals surface area contributed by atoms with Gasteiger partial charge in [-0.3, -0.25) is 4.79 Å². The second-order valence-corrected chi connectivity index (χ2v) is 5.22. The molecule has 0 amide bonds. The van der Waals surface area contributed by atoms with Crippen LogP contribution < -0.4 is 0 Å². The monoisotopic (exact) mass is 271 g/mol. The van der Waals surface area contributed by atoms with Gasteiger partial charge in [0.1, 0.15) is 6.10 Å². The van der Waals surface area contributed by atoms with Crippen LogP contribution in [0.15, 0.2) is 5.16 Å². The van der Waals surface area contributed by atoms with Gasteiger partial charge in [0.05, 0.1) is 11.9 Å². The zero-order valence-corrected chi connectivity index (χ0v) is 11.3. The molecule has 6 nitrogen and oxygen atoms in total. The van der Waals surface area contributed by atoms with Crippen LogP contribution in [-0.2, 0) is 16.1 Å². The first-order chi connectivity index (χ1) is 8.61. The average molecular weight is 271 g/mol. The molecule has 1 aliphatic rings. The van der Waals surface area contributed by atoms with Crippen molar-refractivity contribution in [2.75, 3.05) is 5.75 Å². The molecule has 18 heavy (non-hydrogen) atoms. The van der Waals surface area contributed by atoms with E-state index in [1.807, 2.05) is 18.4 Å². The number of carboxylic acids is 1. The third kappa shape index (κ3) is 2.84. The Balaban J connectivity index is 2.13. The Hall–Kier alpha value is -1.08. The Labute approximate surface area is 110 Å². The van der Waals surface area contributed by atoms with Gasteiger partial charge in [-0.05, 0) is 26.7 Å². The molecule has 1 saturated heterocycles. The lowest BCUT2D eigenvalue weighted by Gasteiger charge is -2.12. The van der Waals surface area contributed by atoms with Crippen LogP contribution in [0.25, 0.3) is 0 Å². The van der Waals surface area contributed by atoms with Gasteiger partial charge in [0.15, 0.2) is 11.0 Å². The number of nitrogens with zero attached hydrogens (tertiary/aromatic N) is 3. The molecule has 1 aromatic rings. The Morgan fingerprint density at radius 2 is 2.33 bits per heavy atom. The summed E-state index contributed by atoms with van der Waals surface area (Å²) in [4.78, 5) is 10.6. The second-order valence-electron chi connectivity index (χ2n) is 4.28. The molecule has 1 fully saturated rings. The lowest BCUT2D eigenvalue weighted by Crippen LogP contribution is -2.10. The number of aliphatic carboxylic acids is 1. The standard InChI is InChI=1S/C11H17N3O3S/c1-3-14-10(8-5-4-7(2)17-8)12-13-11(14)18-6-9(15)16/h7-8H,3-6H2,1-2H3,(H,15,16). The Morgan fingerprint density at radius 1 is 1.56 bits per heavy atom. The van der Waals surface area contributed by atoms with Crippen LogP contribution in [0.4, 0.5) is 0 Å².